The van der Waals surface area contributed by atoms with E-state index in [2.05, 4.69) is 11.8 Å². The van der Waals surface area contributed by atoms with Gasteiger partial charge in [-0.05, 0) is 102 Å². The fourth-order valence-corrected chi connectivity index (χ4v) is 6.48. The predicted octanol–water partition coefficient (Wildman–Crippen LogP) is 8.67. The number of carbonyl (C=O) groups excluding carboxylic acids is 3. The van der Waals surface area contributed by atoms with E-state index in [-0.39, 0.29) is 23.5 Å². The van der Waals surface area contributed by atoms with Crippen LogP contribution in [0.2, 0.25) is 10.0 Å². The molecule has 4 rings (SSSR count). The van der Waals surface area contributed by atoms with Crippen LogP contribution in [-0.2, 0) is 9.47 Å². The average molecular weight is 641 g/mol. The molecule has 1 fully saturated rings. The van der Waals surface area contributed by atoms with Crippen molar-refractivity contribution >= 4 is 58.1 Å². The van der Waals surface area contributed by atoms with Crippen molar-refractivity contribution < 1.29 is 23.9 Å². The molecule has 2 aromatic carbocycles. The van der Waals surface area contributed by atoms with Gasteiger partial charge >= 0.3 is 11.9 Å². The van der Waals surface area contributed by atoms with Crippen LogP contribution in [0.4, 0.5) is 5.69 Å². The monoisotopic (exact) mass is 639 g/mol. The van der Waals surface area contributed by atoms with Crippen LogP contribution in [0.25, 0.3) is 0 Å². The number of anilines is 1. The molecule has 9 heteroatoms. The highest BCUT2D eigenvalue weighted by Crippen LogP contribution is 2.38. The second kappa shape index (κ2) is 13.5. The van der Waals surface area contributed by atoms with Gasteiger partial charge in [0.1, 0.15) is 11.0 Å². The molecule has 1 amide bonds. The molecule has 3 aromatic rings. The molecule has 0 unspecified atom stereocenters. The minimum absolute atomic E-state index is 0.251. The molecule has 1 aromatic heterocycles. The van der Waals surface area contributed by atoms with Gasteiger partial charge in [-0.3, -0.25) is 4.79 Å². The molecule has 0 atom stereocenters. The Labute approximate surface area is 267 Å². The van der Waals surface area contributed by atoms with Gasteiger partial charge in [-0.25, -0.2) is 9.59 Å². The Hall–Kier alpha value is -3.31. The number of thiophene rings is 1. The zero-order valence-electron chi connectivity index (χ0n) is 25.2. The first kappa shape index (κ1) is 32.6. The molecule has 6 nitrogen and oxygen atoms in total. The predicted molar refractivity (Wildman–Crippen MR) is 173 cm³/mol. The van der Waals surface area contributed by atoms with Gasteiger partial charge in [0.15, 0.2) is 0 Å². The van der Waals surface area contributed by atoms with Crippen molar-refractivity contribution in [3.63, 3.8) is 0 Å². The lowest BCUT2D eigenvalue weighted by molar-refractivity contribution is 0.0193. The largest absolute Gasteiger partial charge is 0.465 e. The summed E-state index contributed by atoms with van der Waals surface area (Å²) in [6.07, 6.45) is 1.79. The maximum absolute atomic E-state index is 14.2. The van der Waals surface area contributed by atoms with Crippen molar-refractivity contribution in [1.29, 1.82) is 0 Å². The Bertz CT molecular complexity index is 1600. The molecule has 1 saturated carbocycles. The number of hydrogen-bond acceptors (Lipinski definition) is 6. The van der Waals surface area contributed by atoms with Gasteiger partial charge < -0.3 is 14.4 Å². The zero-order valence-corrected chi connectivity index (χ0v) is 27.5. The van der Waals surface area contributed by atoms with E-state index >= 15 is 0 Å². The van der Waals surface area contributed by atoms with Crippen molar-refractivity contribution in [2.75, 3.05) is 12.0 Å². The van der Waals surface area contributed by atoms with Crippen molar-refractivity contribution in [2.45, 2.75) is 72.4 Å². The van der Waals surface area contributed by atoms with Gasteiger partial charge in [-0.15, -0.1) is 11.3 Å². The van der Waals surface area contributed by atoms with Gasteiger partial charge in [0.25, 0.3) is 5.91 Å². The highest BCUT2D eigenvalue weighted by molar-refractivity contribution is 7.15. The van der Waals surface area contributed by atoms with Crippen LogP contribution in [0.5, 0.6) is 0 Å². The molecule has 0 spiro atoms. The Morgan fingerprint density at radius 1 is 0.884 bits per heavy atom. The number of esters is 2. The number of benzene rings is 2. The highest BCUT2D eigenvalue weighted by Gasteiger charge is 2.36. The van der Waals surface area contributed by atoms with Crippen LogP contribution in [0.1, 0.15) is 92.8 Å². The van der Waals surface area contributed by atoms with Crippen molar-refractivity contribution in [3.8, 4) is 11.8 Å². The third-order valence-corrected chi connectivity index (χ3v) is 8.75. The summed E-state index contributed by atoms with van der Waals surface area (Å²) in [7, 11) is 1.31. The number of rotatable bonds is 6. The third kappa shape index (κ3) is 8.00. The van der Waals surface area contributed by atoms with E-state index < -0.39 is 11.9 Å². The van der Waals surface area contributed by atoms with Crippen molar-refractivity contribution in [2.24, 2.45) is 5.41 Å². The summed E-state index contributed by atoms with van der Waals surface area (Å²) >= 11 is 14.0. The Kier molecular flexibility index (Phi) is 10.3. The van der Waals surface area contributed by atoms with Crippen LogP contribution >= 0.6 is 34.5 Å². The number of halogens is 2. The fraction of sp³-hybridized carbons (Fsp3) is 0.382. The lowest BCUT2D eigenvalue weighted by Crippen LogP contribution is -2.44. The molecule has 43 heavy (non-hydrogen) atoms. The molecule has 1 heterocycles. The first-order valence-electron chi connectivity index (χ1n) is 14.1. The number of ether oxygens (including phenoxy) is 2. The third-order valence-electron chi connectivity index (χ3n) is 7.10. The van der Waals surface area contributed by atoms with E-state index in [4.69, 9.17) is 32.7 Å². The molecule has 0 bridgehead atoms. The van der Waals surface area contributed by atoms with Gasteiger partial charge in [-0.2, -0.15) is 0 Å². The summed E-state index contributed by atoms with van der Waals surface area (Å²) < 4.78 is 10.9. The number of methoxy groups -OCH3 is 1. The molecule has 1 aliphatic rings. The van der Waals surface area contributed by atoms with Crippen molar-refractivity contribution in [1.82, 2.24) is 0 Å². The van der Waals surface area contributed by atoms with E-state index in [1.54, 1.807) is 35.2 Å². The Balaban J connectivity index is 1.67. The number of nitrogens with zero attached hydrogens (tertiary/aromatic N) is 1. The summed E-state index contributed by atoms with van der Waals surface area (Å²) in [5, 5.41) is 0.679. The van der Waals surface area contributed by atoms with E-state index in [0.717, 1.165) is 11.1 Å². The number of carbonyl (C=O) groups is 3. The van der Waals surface area contributed by atoms with Crippen molar-refractivity contribution in [3.05, 3.63) is 84.5 Å². The standard InChI is InChI=1S/C34H35Cl2NO5S/c1-20-7-13-25(27(35)17-20)31(38)37(29-19-24(15-16-34(3,4)5)43-30(29)33(40)41-6)22-9-11-23(12-10-22)42-32(39)26-14-8-21(2)18-28(26)36/h7-8,13-14,17-19,22-23H,9-12H2,1-6H3/t22-,23-. The molecule has 0 saturated heterocycles. The summed E-state index contributed by atoms with van der Waals surface area (Å²) in [4.78, 5) is 42.7. The highest BCUT2D eigenvalue weighted by atomic mass is 35.5. The normalized spacial score (nSPS) is 16.6. The maximum atomic E-state index is 14.2. The topological polar surface area (TPSA) is 72.9 Å². The Morgan fingerprint density at radius 3 is 2.00 bits per heavy atom. The van der Waals surface area contributed by atoms with Gasteiger partial charge in [0, 0.05) is 11.5 Å². The molecular formula is C34H35Cl2NO5S. The van der Waals surface area contributed by atoms with Gasteiger partial charge in [0.2, 0.25) is 0 Å². The molecule has 226 valence electrons. The summed E-state index contributed by atoms with van der Waals surface area (Å²) in [5.41, 5.74) is 2.72. The summed E-state index contributed by atoms with van der Waals surface area (Å²) in [6.45, 7) is 9.81. The molecule has 0 aliphatic heterocycles. The van der Waals surface area contributed by atoms with Crippen LogP contribution in [0.3, 0.4) is 0 Å². The lowest BCUT2D eigenvalue weighted by Gasteiger charge is -2.37. The van der Waals surface area contributed by atoms with E-state index in [1.165, 1.54) is 18.4 Å². The van der Waals surface area contributed by atoms with Gasteiger partial charge in [0.05, 0.1) is 38.8 Å². The van der Waals surface area contributed by atoms with E-state index in [0.29, 0.717) is 62.3 Å². The van der Waals surface area contributed by atoms with Crippen LogP contribution < -0.4 is 4.90 Å². The fourth-order valence-electron chi connectivity index (χ4n) is 4.93. The minimum atomic E-state index is -0.547. The second-order valence-corrected chi connectivity index (χ2v) is 13.7. The van der Waals surface area contributed by atoms with Crippen LogP contribution in [-0.4, -0.2) is 37.1 Å². The smallest absolute Gasteiger partial charge is 0.350 e. The van der Waals surface area contributed by atoms with Gasteiger partial charge in [-0.1, -0.05) is 47.2 Å². The molecule has 0 radical (unpaired) electrons. The zero-order chi connectivity index (χ0) is 31.5. The number of amides is 1. The lowest BCUT2D eigenvalue weighted by atomic mass is 9.90. The second-order valence-electron chi connectivity index (χ2n) is 11.8. The average Bonchev–Trinajstić information content (AvgIpc) is 3.36. The first-order chi connectivity index (χ1) is 20.3. The van der Waals surface area contributed by atoms with E-state index in [9.17, 15) is 14.4 Å². The van der Waals surface area contributed by atoms with Crippen LogP contribution in [0, 0.1) is 31.1 Å². The summed E-state index contributed by atoms with van der Waals surface area (Å²) in [5.74, 6) is 5.02. The molecular weight excluding hydrogens is 605 g/mol. The van der Waals surface area contributed by atoms with Crippen LogP contribution in [0.15, 0.2) is 42.5 Å². The molecule has 1 aliphatic carbocycles. The minimum Gasteiger partial charge on any atom is -0.465 e. The SMILES string of the molecule is COC(=O)c1sc(C#CC(C)(C)C)cc1N(C(=O)c1ccc(C)cc1Cl)[C@H]1CC[C@H](OC(=O)c2ccc(C)cc2Cl)CC1. The number of aryl methyl sites for hydroxylation is 2. The quantitative estimate of drug-likeness (QED) is 0.199. The molecule has 0 N–H and O–H groups in total. The summed E-state index contributed by atoms with van der Waals surface area (Å²) in [6, 6.07) is 12.0. The maximum Gasteiger partial charge on any atom is 0.350 e. The first-order valence-corrected chi connectivity index (χ1v) is 15.7. The Morgan fingerprint density at radius 2 is 1.47 bits per heavy atom. The van der Waals surface area contributed by atoms with E-state index in [1.807, 2.05) is 46.8 Å². The number of hydrogen-bond donors (Lipinski definition) is 0.